The Morgan fingerprint density at radius 2 is 2.11 bits per heavy atom. The minimum absolute atomic E-state index is 0.135. The zero-order valence-corrected chi connectivity index (χ0v) is 13.4. The first-order valence-electron chi connectivity index (χ1n) is 6.36. The largest absolute Gasteiger partial charge is 0.306 e. The van der Waals surface area contributed by atoms with Crippen molar-refractivity contribution in [3.05, 3.63) is 55.9 Å². The van der Waals surface area contributed by atoms with Crippen LogP contribution < -0.4 is 5.32 Å². The fraction of sp³-hybridized carbons (Fsp3) is 0.333. The molecule has 0 spiro atoms. The lowest BCUT2D eigenvalue weighted by Crippen LogP contribution is -2.22. The molecule has 1 aromatic heterocycles. The van der Waals surface area contributed by atoms with E-state index >= 15 is 0 Å². The van der Waals surface area contributed by atoms with Gasteiger partial charge in [-0.2, -0.15) is 0 Å². The van der Waals surface area contributed by atoms with Crippen LogP contribution in [0.4, 0.5) is 4.39 Å². The lowest BCUT2D eigenvalue weighted by molar-refractivity contribution is 0.596. The second-order valence-electron chi connectivity index (χ2n) is 4.51. The molecule has 0 bridgehead atoms. The number of hydrogen-bond donors (Lipinski definition) is 1. The van der Waals surface area contributed by atoms with E-state index in [-0.39, 0.29) is 11.9 Å². The second kappa shape index (κ2) is 6.64. The number of thiophene rings is 1. The van der Waals surface area contributed by atoms with Gasteiger partial charge in [0.15, 0.2) is 0 Å². The molecule has 2 rings (SSSR count). The van der Waals surface area contributed by atoms with Crippen LogP contribution in [0, 0.1) is 12.7 Å². The molecule has 1 atom stereocenters. The molecule has 1 unspecified atom stereocenters. The number of benzene rings is 1. The first-order chi connectivity index (χ1) is 9.11. The van der Waals surface area contributed by atoms with Crippen LogP contribution in [0.2, 0.25) is 0 Å². The lowest BCUT2D eigenvalue weighted by Gasteiger charge is -2.18. The molecule has 0 saturated heterocycles. The van der Waals surface area contributed by atoms with Gasteiger partial charge in [0.1, 0.15) is 5.82 Å². The summed E-state index contributed by atoms with van der Waals surface area (Å²) in [7, 11) is 0. The van der Waals surface area contributed by atoms with Crippen LogP contribution in [0.5, 0.6) is 0 Å². The van der Waals surface area contributed by atoms with Crippen molar-refractivity contribution in [2.24, 2.45) is 0 Å². The third kappa shape index (κ3) is 3.65. The van der Waals surface area contributed by atoms with Gasteiger partial charge in [-0.1, -0.05) is 13.0 Å². The van der Waals surface area contributed by atoms with Crippen molar-refractivity contribution in [3.8, 4) is 0 Å². The highest BCUT2D eigenvalue weighted by Gasteiger charge is 2.16. The smallest absolute Gasteiger partial charge is 0.137 e. The third-order valence-corrected chi connectivity index (χ3v) is 4.59. The summed E-state index contributed by atoms with van der Waals surface area (Å²) < 4.78 is 13.9. The molecule has 4 heteroatoms. The van der Waals surface area contributed by atoms with Crippen LogP contribution in [0.25, 0.3) is 0 Å². The van der Waals surface area contributed by atoms with Crippen LogP contribution in [-0.2, 0) is 0 Å². The zero-order chi connectivity index (χ0) is 13.8. The van der Waals surface area contributed by atoms with Crippen LogP contribution in [0.1, 0.15) is 34.7 Å². The standard InChI is InChI=1S/C15H17BrFNS/c1-3-8-18-15(14-7-4-10(2)19-14)11-5-6-13(17)12(16)9-11/h4-7,9,15,18H,3,8H2,1-2H3. The van der Waals surface area contributed by atoms with Crippen molar-refractivity contribution in [3.63, 3.8) is 0 Å². The number of aryl methyl sites for hydroxylation is 1. The van der Waals surface area contributed by atoms with Gasteiger partial charge in [-0.3, -0.25) is 0 Å². The van der Waals surface area contributed by atoms with Crippen LogP contribution in [0.3, 0.4) is 0 Å². The maximum atomic E-state index is 13.4. The monoisotopic (exact) mass is 341 g/mol. The predicted octanol–water partition coefficient (Wildman–Crippen LogP) is 5.05. The van der Waals surface area contributed by atoms with Gasteiger partial charge >= 0.3 is 0 Å². The number of nitrogens with one attached hydrogen (secondary N) is 1. The van der Waals surface area contributed by atoms with Crippen molar-refractivity contribution < 1.29 is 4.39 Å². The highest BCUT2D eigenvalue weighted by atomic mass is 79.9. The van der Waals surface area contributed by atoms with Gasteiger partial charge < -0.3 is 5.32 Å². The Labute approximate surface area is 126 Å². The Morgan fingerprint density at radius 3 is 2.68 bits per heavy atom. The van der Waals surface area contributed by atoms with E-state index < -0.39 is 0 Å². The van der Waals surface area contributed by atoms with Crippen LogP contribution in [0.15, 0.2) is 34.8 Å². The highest BCUT2D eigenvalue weighted by Crippen LogP contribution is 2.30. The molecule has 1 nitrogen and oxygen atoms in total. The molecule has 2 aromatic rings. The summed E-state index contributed by atoms with van der Waals surface area (Å²) >= 11 is 5.04. The molecule has 0 aliphatic heterocycles. The molecule has 102 valence electrons. The van der Waals surface area contributed by atoms with E-state index in [1.807, 2.05) is 12.1 Å². The predicted molar refractivity (Wildman–Crippen MR) is 83.3 cm³/mol. The SMILES string of the molecule is CCCNC(c1ccc(F)c(Br)c1)c1ccc(C)s1. The van der Waals surface area contributed by atoms with Crippen molar-refractivity contribution >= 4 is 27.3 Å². The molecule has 1 N–H and O–H groups in total. The van der Waals surface area contributed by atoms with Crippen molar-refractivity contribution in [1.82, 2.24) is 5.32 Å². The summed E-state index contributed by atoms with van der Waals surface area (Å²) in [6.07, 6.45) is 1.07. The molecule has 0 amide bonds. The number of rotatable bonds is 5. The third-order valence-electron chi connectivity index (χ3n) is 2.92. The second-order valence-corrected chi connectivity index (χ2v) is 6.68. The van der Waals surface area contributed by atoms with E-state index in [2.05, 4.69) is 47.2 Å². The summed E-state index contributed by atoms with van der Waals surface area (Å²) in [6.45, 7) is 5.19. The number of halogens is 2. The van der Waals surface area contributed by atoms with Gasteiger partial charge in [0, 0.05) is 9.75 Å². The van der Waals surface area contributed by atoms with E-state index in [9.17, 15) is 4.39 Å². The van der Waals surface area contributed by atoms with Gasteiger partial charge in [0.05, 0.1) is 10.5 Å². The number of hydrogen-bond acceptors (Lipinski definition) is 2. The van der Waals surface area contributed by atoms with Gasteiger partial charge in [-0.15, -0.1) is 11.3 Å². The Hall–Kier alpha value is -0.710. The van der Waals surface area contributed by atoms with Crippen LogP contribution in [-0.4, -0.2) is 6.54 Å². The van der Waals surface area contributed by atoms with Gasteiger partial charge in [0.2, 0.25) is 0 Å². The molecule has 0 radical (unpaired) electrons. The van der Waals surface area contributed by atoms with Crippen molar-refractivity contribution in [1.29, 1.82) is 0 Å². The maximum absolute atomic E-state index is 13.4. The van der Waals surface area contributed by atoms with Crippen molar-refractivity contribution in [2.45, 2.75) is 26.3 Å². The zero-order valence-electron chi connectivity index (χ0n) is 11.0. The minimum atomic E-state index is -0.222. The Morgan fingerprint density at radius 1 is 1.32 bits per heavy atom. The molecule has 0 saturated carbocycles. The van der Waals surface area contributed by atoms with Crippen LogP contribution >= 0.6 is 27.3 Å². The molecule has 19 heavy (non-hydrogen) atoms. The lowest BCUT2D eigenvalue weighted by atomic mass is 10.1. The summed E-state index contributed by atoms with van der Waals surface area (Å²) in [5, 5.41) is 3.53. The van der Waals surface area contributed by atoms with E-state index in [0.29, 0.717) is 4.47 Å². The van der Waals surface area contributed by atoms with Gasteiger partial charge in [0.25, 0.3) is 0 Å². The normalized spacial score (nSPS) is 12.6. The fourth-order valence-electron chi connectivity index (χ4n) is 1.97. The minimum Gasteiger partial charge on any atom is -0.306 e. The quantitative estimate of drug-likeness (QED) is 0.802. The fourth-order valence-corrected chi connectivity index (χ4v) is 3.35. The first-order valence-corrected chi connectivity index (χ1v) is 7.97. The Kier molecular flexibility index (Phi) is 5.13. The summed E-state index contributed by atoms with van der Waals surface area (Å²) in [4.78, 5) is 2.56. The molecule has 0 aliphatic carbocycles. The van der Waals surface area contributed by atoms with E-state index in [4.69, 9.17) is 0 Å². The average molecular weight is 342 g/mol. The molecule has 1 aromatic carbocycles. The molecule has 1 heterocycles. The van der Waals surface area contributed by atoms with Gasteiger partial charge in [-0.25, -0.2) is 4.39 Å². The van der Waals surface area contributed by atoms with E-state index in [1.54, 1.807) is 11.3 Å². The Bertz CT molecular complexity index is 553. The Balaban J connectivity index is 2.33. The van der Waals surface area contributed by atoms with E-state index in [1.165, 1.54) is 15.8 Å². The maximum Gasteiger partial charge on any atom is 0.137 e. The molecule has 0 aliphatic rings. The summed E-state index contributed by atoms with van der Waals surface area (Å²) in [5.41, 5.74) is 1.09. The topological polar surface area (TPSA) is 12.0 Å². The molecular formula is C15H17BrFNS. The van der Waals surface area contributed by atoms with E-state index in [0.717, 1.165) is 18.5 Å². The molecule has 0 fully saturated rings. The van der Waals surface area contributed by atoms with Crippen molar-refractivity contribution in [2.75, 3.05) is 6.54 Å². The van der Waals surface area contributed by atoms with Gasteiger partial charge in [-0.05, 0) is 65.6 Å². The average Bonchev–Trinajstić information content (AvgIpc) is 2.80. The highest BCUT2D eigenvalue weighted by molar-refractivity contribution is 9.10. The molecular weight excluding hydrogens is 325 g/mol. The summed E-state index contributed by atoms with van der Waals surface area (Å²) in [5.74, 6) is -0.222. The summed E-state index contributed by atoms with van der Waals surface area (Å²) in [6, 6.07) is 9.63. The first kappa shape index (κ1) is 14.7.